The van der Waals surface area contributed by atoms with Crippen molar-refractivity contribution in [1.82, 2.24) is 10.2 Å². The van der Waals surface area contributed by atoms with E-state index in [2.05, 4.69) is 41.4 Å². The fourth-order valence-electron chi connectivity index (χ4n) is 2.75. The van der Waals surface area contributed by atoms with Crippen LogP contribution in [0.3, 0.4) is 0 Å². The largest absolute Gasteiger partial charge is 0.365 e. The molecule has 2 aliphatic rings. The highest BCUT2D eigenvalue weighted by atomic mass is 16.5. The Balaban J connectivity index is 1.66. The number of rotatable bonds is 2. The van der Waals surface area contributed by atoms with Crippen LogP contribution in [0.2, 0.25) is 0 Å². The Morgan fingerprint density at radius 3 is 3.06 bits per heavy atom. The lowest BCUT2D eigenvalue weighted by molar-refractivity contribution is -0.134. The van der Waals surface area contributed by atoms with Gasteiger partial charge in [0.2, 0.25) is 5.91 Å². The molecule has 0 saturated carbocycles. The van der Waals surface area contributed by atoms with E-state index < -0.39 is 0 Å². The molecular formula is C14H18N2O2. The number of fused-ring (bicyclic) bond motifs is 1. The quantitative estimate of drug-likeness (QED) is 0.835. The van der Waals surface area contributed by atoms with Crippen molar-refractivity contribution >= 4 is 5.91 Å². The van der Waals surface area contributed by atoms with E-state index in [4.69, 9.17) is 4.74 Å². The lowest BCUT2D eigenvalue weighted by atomic mass is 10.1. The average Bonchev–Trinajstić information content (AvgIpc) is 2.73. The zero-order chi connectivity index (χ0) is 12.5. The summed E-state index contributed by atoms with van der Waals surface area (Å²) in [6.45, 7) is 5.05. The minimum absolute atomic E-state index is 0.00833. The molecule has 2 heterocycles. The van der Waals surface area contributed by atoms with Gasteiger partial charge in [-0.1, -0.05) is 24.3 Å². The highest BCUT2D eigenvalue weighted by molar-refractivity contribution is 5.78. The first-order valence-electron chi connectivity index (χ1n) is 6.40. The van der Waals surface area contributed by atoms with Gasteiger partial charge in [-0.25, -0.2) is 0 Å². The van der Waals surface area contributed by atoms with Crippen LogP contribution < -0.4 is 5.32 Å². The van der Waals surface area contributed by atoms with Crippen LogP contribution in [0, 0.1) is 6.92 Å². The molecule has 0 aliphatic carbocycles. The summed E-state index contributed by atoms with van der Waals surface area (Å²) in [5.41, 5.74) is 2.67. The molecule has 1 aromatic rings. The van der Waals surface area contributed by atoms with Gasteiger partial charge < -0.3 is 10.1 Å². The number of ether oxygens (including phenoxy) is 1. The van der Waals surface area contributed by atoms with E-state index in [1.54, 1.807) is 0 Å². The second-order valence-corrected chi connectivity index (χ2v) is 5.14. The number of nitrogens with one attached hydrogen (secondary N) is 1. The minimum atomic E-state index is 0.00833. The van der Waals surface area contributed by atoms with E-state index in [-0.39, 0.29) is 24.7 Å². The first-order valence-corrected chi connectivity index (χ1v) is 6.40. The summed E-state index contributed by atoms with van der Waals surface area (Å²) in [6.07, 6.45) is 0.159. The minimum Gasteiger partial charge on any atom is -0.365 e. The third-order valence-electron chi connectivity index (χ3n) is 3.77. The van der Waals surface area contributed by atoms with Gasteiger partial charge >= 0.3 is 0 Å². The van der Waals surface area contributed by atoms with Gasteiger partial charge in [0.15, 0.2) is 0 Å². The van der Waals surface area contributed by atoms with Crippen molar-refractivity contribution in [2.75, 3.05) is 19.7 Å². The molecule has 0 radical (unpaired) electrons. The summed E-state index contributed by atoms with van der Waals surface area (Å²) in [6, 6.07) is 8.60. The van der Waals surface area contributed by atoms with Gasteiger partial charge in [0.05, 0.1) is 12.1 Å². The SMILES string of the molecule is Cc1ccccc1CN1C[C@@H]2OCC(=O)N[C@@H]2C1. The first-order chi connectivity index (χ1) is 8.72. The summed E-state index contributed by atoms with van der Waals surface area (Å²) in [7, 11) is 0. The predicted octanol–water partition coefficient (Wildman–Crippen LogP) is 0.694. The second-order valence-electron chi connectivity index (χ2n) is 5.14. The van der Waals surface area contributed by atoms with Crippen molar-refractivity contribution < 1.29 is 9.53 Å². The number of likely N-dealkylation sites (tertiary alicyclic amines) is 1. The van der Waals surface area contributed by atoms with Gasteiger partial charge in [-0.2, -0.15) is 0 Å². The van der Waals surface area contributed by atoms with E-state index >= 15 is 0 Å². The van der Waals surface area contributed by atoms with Gasteiger partial charge in [-0.3, -0.25) is 9.69 Å². The zero-order valence-corrected chi connectivity index (χ0v) is 10.6. The lowest BCUT2D eigenvalue weighted by Gasteiger charge is -2.25. The van der Waals surface area contributed by atoms with E-state index in [1.165, 1.54) is 11.1 Å². The molecule has 96 valence electrons. The molecule has 4 nitrogen and oxygen atoms in total. The maximum Gasteiger partial charge on any atom is 0.246 e. The van der Waals surface area contributed by atoms with Crippen molar-refractivity contribution in [3.8, 4) is 0 Å². The van der Waals surface area contributed by atoms with Crippen LogP contribution >= 0.6 is 0 Å². The second kappa shape index (κ2) is 4.71. The van der Waals surface area contributed by atoms with Crippen LogP contribution in [0.15, 0.2) is 24.3 Å². The van der Waals surface area contributed by atoms with Crippen LogP contribution in [-0.2, 0) is 16.1 Å². The number of carbonyl (C=O) groups excluding carboxylic acids is 1. The van der Waals surface area contributed by atoms with Crippen molar-refractivity contribution in [3.05, 3.63) is 35.4 Å². The smallest absolute Gasteiger partial charge is 0.246 e. The zero-order valence-electron chi connectivity index (χ0n) is 10.6. The number of carbonyl (C=O) groups is 1. The van der Waals surface area contributed by atoms with Crippen LogP contribution in [0.1, 0.15) is 11.1 Å². The maximum atomic E-state index is 11.3. The molecule has 1 amide bonds. The summed E-state index contributed by atoms with van der Waals surface area (Å²) >= 11 is 0. The van der Waals surface area contributed by atoms with Crippen molar-refractivity contribution in [1.29, 1.82) is 0 Å². The van der Waals surface area contributed by atoms with Crippen molar-refractivity contribution in [3.63, 3.8) is 0 Å². The molecule has 2 atom stereocenters. The molecule has 3 rings (SSSR count). The number of hydrogen-bond donors (Lipinski definition) is 1. The Morgan fingerprint density at radius 1 is 1.39 bits per heavy atom. The normalized spacial score (nSPS) is 27.9. The molecule has 4 heteroatoms. The molecule has 1 N–H and O–H groups in total. The summed E-state index contributed by atoms with van der Waals surface area (Å²) in [5, 5.41) is 3.00. The highest BCUT2D eigenvalue weighted by Crippen LogP contribution is 2.20. The van der Waals surface area contributed by atoms with Crippen molar-refractivity contribution in [2.45, 2.75) is 25.6 Å². The molecule has 2 fully saturated rings. The summed E-state index contributed by atoms with van der Waals surface area (Å²) < 4.78 is 5.56. The molecule has 2 saturated heterocycles. The highest BCUT2D eigenvalue weighted by Gasteiger charge is 2.37. The lowest BCUT2D eigenvalue weighted by Crippen LogP contribution is -2.50. The van der Waals surface area contributed by atoms with Gasteiger partial charge in [-0.05, 0) is 18.1 Å². The third-order valence-corrected chi connectivity index (χ3v) is 3.77. The molecule has 0 bridgehead atoms. The molecule has 18 heavy (non-hydrogen) atoms. The van der Waals surface area contributed by atoms with Crippen LogP contribution in [0.5, 0.6) is 0 Å². The predicted molar refractivity (Wildman–Crippen MR) is 68.1 cm³/mol. The standard InChI is InChI=1S/C14H18N2O2/c1-10-4-2-3-5-11(10)6-16-7-12-13(8-16)18-9-14(17)15-12/h2-5,12-13H,6-9H2,1H3,(H,15,17)/t12-,13+/m1/s1. The van der Waals surface area contributed by atoms with E-state index in [1.807, 2.05) is 0 Å². The number of amides is 1. The monoisotopic (exact) mass is 246 g/mol. The van der Waals surface area contributed by atoms with E-state index in [0.29, 0.717) is 0 Å². The third kappa shape index (κ3) is 2.26. The van der Waals surface area contributed by atoms with Crippen LogP contribution in [0.25, 0.3) is 0 Å². The Kier molecular flexibility index (Phi) is 3.06. The van der Waals surface area contributed by atoms with Gasteiger partial charge in [-0.15, -0.1) is 0 Å². The Labute approximate surface area is 107 Å². The number of hydrogen-bond acceptors (Lipinski definition) is 3. The Bertz CT molecular complexity index is 461. The molecule has 1 aromatic carbocycles. The topological polar surface area (TPSA) is 41.6 Å². The summed E-state index contributed by atoms with van der Waals surface area (Å²) in [5.74, 6) is 0.00833. The van der Waals surface area contributed by atoms with E-state index in [9.17, 15) is 4.79 Å². The number of aryl methyl sites for hydroxylation is 1. The Morgan fingerprint density at radius 2 is 2.22 bits per heavy atom. The summed E-state index contributed by atoms with van der Waals surface area (Å²) in [4.78, 5) is 13.6. The van der Waals surface area contributed by atoms with Crippen LogP contribution in [-0.4, -0.2) is 42.6 Å². The molecule has 0 unspecified atom stereocenters. The molecule has 2 aliphatic heterocycles. The number of nitrogens with zero attached hydrogens (tertiary/aromatic N) is 1. The average molecular weight is 246 g/mol. The molecule has 0 aromatic heterocycles. The maximum absolute atomic E-state index is 11.3. The Hall–Kier alpha value is -1.39. The molecular weight excluding hydrogens is 228 g/mol. The first kappa shape index (κ1) is 11.7. The van der Waals surface area contributed by atoms with Crippen LogP contribution in [0.4, 0.5) is 0 Å². The van der Waals surface area contributed by atoms with Crippen molar-refractivity contribution in [2.24, 2.45) is 0 Å². The van der Waals surface area contributed by atoms with Gasteiger partial charge in [0.25, 0.3) is 0 Å². The number of benzene rings is 1. The number of morpholine rings is 1. The van der Waals surface area contributed by atoms with Gasteiger partial charge in [0.1, 0.15) is 6.61 Å². The fraction of sp³-hybridized carbons (Fsp3) is 0.500. The molecule has 0 spiro atoms. The fourth-order valence-corrected chi connectivity index (χ4v) is 2.75. The van der Waals surface area contributed by atoms with Gasteiger partial charge in [0, 0.05) is 19.6 Å². The van der Waals surface area contributed by atoms with E-state index in [0.717, 1.165) is 19.6 Å².